The van der Waals surface area contributed by atoms with E-state index in [0.29, 0.717) is 23.7 Å². The molecule has 0 heterocycles. The molecule has 0 aliphatic heterocycles. The van der Waals surface area contributed by atoms with Crippen molar-refractivity contribution in [2.45, 2.75) is 39.8 Å². The third-order valence-electron chi connectivity index (χ3n) is 5.06. The Morgan fingerprint density at radius 1 is 1.09 bits per heavy atom. The van der Waals surface area contributed by atoms with Crippen LogP contribution in [0.1, 0.15) is 31.4 Å². The fourth-order valence-corrected chi connectivity index (χ4v) is 4.36. The van der Waals surface area contributed by atoms with Crippen molar-refractivity contribution in [1.29, 1.82) is 0 Å². The van der Waals surface area contributed by atoms with Crippen molar-refractivity contribution in [1.82, 2.24) is 10.2 Å². The summed E-state index contributed by atoms with van der Waals surface area (Å²) in [5.41, 5.74) is 1.93. The number of halogens is 1. The van der Waals surface area contributed by atoms with Crippen LogP contribution < -0.4 is 9.62 Å². The van der Waals surface area contributed by atoms with E-state index in [1.165, 1.54) is 11.0 Å². The van der Waals surface area contributed by atoms with Gasteiger partial charge in [-0.05, 0) is 43.5 Å². The molecule has 2 aromatic carbocycles. The van der Waals surface area contributed by atoms with Gasteiger partial charge in [0.1, 0.15) is 12.6 Å². The zero-order valence-electron chi connectivity index (χ0n) is 18.8. The maximum atomic E-state index is 13.4. The molecule has 9 heteroatoms. The Labute approximate surface area is 195 Å². The second-order valence-corrected chi connectivity index (χ2v) is 9.84. The second kappa shape index (κ2) is 11.3. The quantitative estimate of drug-likeness (QED) is 0.566. The molecule has 7 nitrogen and oxygen atoms in total. The van der Waals surface area contributed by atoms with Crippen LogP contribution in [0.5, 0.6) is 0 Å². The van der Waals surface area contributed by atoms with Crippen molar-refractivity contribution >= 4 is 39.1 Å². The van der Waals surface area contributed by atoms with Crippen LogP contribution in [0.25, 0.3) is 0 Å². The molecule has 0 aromatic heterocycles. The lowest BCUT2D eigenvalue weighted by Crippen LogP contribution is -2.52. The topological polar surface area (TPSA) is 86.8 Å². The zero-order chi connectivity index (χ0) is 23.9. The summed E-state index contributed by atoms with van der Waals surface area (Å²) in [5.74, 6) is -0.752. The Bertz CT molecular complexity index is 1040. The molecule has 1 N–H and O–H groups in total. The van der Waals surface area contributed by atoms with Crippen molar-refractivity contribution in [3.05, 3.63) is 64.7 Å². The van der Waals surface area contributed by atoms with E-state index in [1.807, 2.05) is 44.2 Å². The summed E-state index contributed by atoms with van der Waals surface area (Å²) in [6, 6.07) is 13.4. The maximum absolute atomic E-state index is 13.4. The largest absolute Gasteiger partial charge is 0.355 e. The van der Waals surface area contributed by atoms with E-state index in [9.17, 15) is 18.0 Å². The van der Waals surface area contributed by atoms with Gasteiger partial charge in [-0.15, -0.1) is 0 Å². The molecule has 0 aliphatic carbocycles. The van der Waals surface area contributed by atoms with Crippen LogP contribution in [0.15, 0.2) is 48.5 Å². The predicted molar refractivity (Wildman–Crippen MR) is 128 cm³/mol. The number of carbonyl (C=O) groups is 2. The SMILES string of the molecule is CCNC(=O)[C@H](CC)N(Cc1ccccc1)C(=O)CN(c1ccc(C)c(Cl)c1)S(C)(=O)=O. The molecular formula is C23H30ClN3O4S. The summed E-state index contributed by atoms with van der Waals surface area (Å²) in [6.45, 7) is 5.60. The third-order valence-corrected chi connectivity index (χ3v) is 6.60. The molecule has 0 radical (unpaired) electrons. The second-order valence-electron chi connectivity index (χ2n) is 7.53. The number of anilines is 1. The van der Waals surface area contributed by atoms with Gasteiger partial charge in [0.25, 0.3) is 0 Å². The minimum atomic E-state index is -3.79. The molecule has 2 rings (SSSR count). The number of rotatable bonds is 10. The monoisotopic (exact) mass is 479 g/mol. The van der Waals surface area contributed by atoms with Crippen molar-refractivity contribution in [2.24, 2.45) is 0 Å². The summed E-state index contributed by atoms with van der Waals surface area (Å²) < 4.78 is 26.1. The van der Waals surface area contributed by atoms with E-state index in [0.717, 1.165) is 21.7 Å². The minimum Gasteiger partial charge on any atom is -0.355 e. The van der Waals surface area contributed by atoms with Crippen LogP contribution >= 0.6 is 11.6 Å². The molecule has 1 atom stereocenters. The number of amides is 2. The van der Waals surface area contributed by atoms with Gasteiger partial charge in [0.15, 0.2) is 0 Å². The van der Waals surface area contributed by atoms with Gasteiger partial charge in [0, 0.05) is 18.1 Å². The molecule has 0 unspecified atom stereocenters. The van der Waals surface area contributed by atoms with Crippen LogP contribution in [0.4, 0.5) is 5.69 Å². The molecule has 2 amide bonds. The first kappa shape index (κ1) is 25.7. The van der Waals surface area contributed by atoms with E-state index in [1.54, 1.807) is 19.1 Å². The minimum absolute atomic E-state index is 0.182. The number of aryl methyl sites for hydroxylation is 1. The fourth-order valence-electron chi connectivity index (χ4n) is 3.34. The van der Waals surface area contributed by atoms with E-state index in [4.69, 9.17) is 11.6 Å². The van der Waals surface area contributed by atoms with Gasteiger partial charge in [0.05, 0.1) is 11.9 Å². The lowest BCUT2D eigenvalue weighted by molar-refractivity contribution is -0.140. The molecule has 2 aromatic rings. The molecule has 32 heavy (non-hydrogen) atoms. The summed E-state index contributed by atoms with van der Waals surface area (Å²) in [5, 5.41) is 3.17. The summed E-state index contributed by atoms with van der Waals surface area (Å²) in [7, 11) is -3.79. The first-order valence-electron chi connectivity index (χ1n) is 10.4. The lowest BCUT2D eigenvalue weighted by Gasteiger charge is -2.32. The van der Waals surface area contributed by atoms with E-state index < -0.39 is 28.5 Å². The highest BCUT2D eigenvalue weighted by Gasteiger charge is 2.31. The highest BCUT2D eigenvalue weighted by Crippen LogP contribution is 2.25. The van der Waals surface area contributed by atoms with Crippen LogP contribution in [0, 0.1) is 6.92 Å². The number of benzene rings is 2. The van der Waals surface area contributed by atoms with Crippen molar-refractivity contribution in [3.8, 4) is 0 Å². The third kappa shape index (κ3) is 6.71. The number of nitrogens with zero attached hydrogens (tertiary/aromatic N) is 2. The molecule has 0 saturated carbocycles. The molecule has 0 saturated heterocycles. The van der Waals surface area contributed by atoms with Gasteiger partial charge in [0.2, 0.25) is 21.8 Å². The maximum Gasteiger partial charge on any atom is 0.244 e. The summed E-state index contributed by atoms with van der Waals surface area (Å²) in [6.07, 6.45) is 1.43. The van der Waals surface area contributed by atoms with Gasteiger partial charge in [-0.3, -0.25) is 13.9 Å². The lowest BCUT2D eigenvalue weighted by atomic mass is 10.1. The molecule has 0 bridgehead atoms. The number of nitrogens with one attached hydrogen (secondary N) is 1. The van der Waals surface area contributed by atoms with E-state index >= 15 is 0 Å². The first-order chi connectivity index (χ1) is 15.1. The molecule has 0 aliphatic rings. The van der Waals surface area contributed by atoms with Crippen molar-refractivity contribution in [2.75, 3.05) is 23.7 Å². The average Bonchev–Trinajstić information content (AvgIpc) is 2.74. The number of sulfonamides is 1. The highest BCUT2D eigenvalue weighted by molar-refractivity contribution is 7.92. The molecule has 0 spiro atoms. The van der Waals surface area contributed by atoms with Gasteiger partial charge in [-0.2, -0.15) is 0 Å². The summed E-state index contributed by atoms with van der Waals surface area (Å²) >= 11 is 6.19. The predicted octanol–water partition coefficient (Wildman–Crippen LogP) is 3.36. The Morgan fingerprint density at radius 3 is 2.28 bits per heavy atom. The van der Waals surface area contributed by atoms with Gasteiger partial charge in [-0.25, -0.2) is 8.42 Å². The first-order valence-corrected chi connectivity index (χ1v) is 12.7. The van der Waals surface area contributed by atoms with E-state index in [2.05, 4.69) is 5.32 Å². The zero-order valence-corrected chi connectivity index (χ0v) is 20.4. The summed E-state index contributed by atoms with van der Waals surface area (Å²) in [4.78, 5) is 27.6. The average molecular weight is 480 g/mol. The van der Waals surface area contributed by atoms with Crippen LogP contribution in [-0.4, -0.2) is 50.5 Å². The number of carbonyl (C=O) groups excluding carboxylic acids is 2. The Morgan fingerprint density at radius 2 is 1.75 bits per heavy atom. The van der Waals surface area contributed by atoms with Crippen LogP contribution in [0.2, 0.25) is 5.02 Å². The Kier molecular flexibility index (Phi) is 9.09. The van der Waals surface area contributed by atoms with Gasteiger partial charge < -0.3 is 10.2 Å². The van der Waals surface area contributed by atoms with Crippen molar-refractivity contribution < 1.29 is 18.0 Å². The molecule has 0 fully saturated rings. The highest BCUT2D eigenvalue weighted by atomic mass is 35.5. The number of hydrogen-bond acceptors (Lipinski definition) is 4. The Hall–Kier alpha value is -2.58. The van der Waals surface area contributed by atoms with Crippen molar-refractivity contribution in [3.63, 3.8) is 0 Å². The van der Waals surface area contributed by atoms with E-state index in [-0.39, 0.29) is 12.5 Å². The fraction of sp³-hybridized carbons (Fsp3) is 0.391. The standard InChI is InChI=1S/C23H30ClN3O4S/c1-5-21(23(29)25-6-2)26(15-18-10-8-7-9-11-18)22(28)16-27(32(4,30)31)19-13-12-17(3)20(24)14-19/h7-14,21H,5-6,15-16H2,1-4H3,(H,25,29)/t21-/m0/s1. The van der Waals surface area contributed by atoms with Gasteiger partial charge in [-0.1, -0.05) is 54.9 Å². The van der Waals surface area contributed by atoms with Crippen LogP contribution in [-0.2, 0) is 26.2 Å². The normalized spacial score (nSPS) is 12.2. The molecular weight excluding hydrogens is 450 g/mol. The smallest absolute Gasteiger partial charge is 0.244 e. The number of likely N-dealkylation sites (N-methyl/N-ethyl adjacent to an activating group) is 1. The van der Waals surface area contributed by atoms with Crippen LogP contribution in [0.3, 0.4) is 0 Å². The Balaban J connectivity index is 2.42. The molecule has 174 valence electrons. The number of hydrogen-bond donors (Lipinski definition) is 1. The van der Waals surface area contributed by atoms with Gasteiger partial charge >= 0.3 is 0 Å².